The van der Waals surface area contributed by atoms with Crippen LogP contribution in [0.3, 0.4) is 0 Å². The Kier molecular flexibility index (Phi) is 2.25. The van der Waals surface area contributed by atoms with Gasteiger partial charge in [-0.25, -0.2) is 0 Å². The first kappa shape index (κ1) is 9.21. The first-order chi connectivity index (χ1) is 6.74. The summed E-state index contributed by atoms with van der Waals surface area (Å²) in [5, 5.41) is 3.98. The van der Waals surface area contributed by atoms with E-state index in [0.29, 0.717) is 6.54 Å². The maximum absolute atomic E-state index is 5.52. The van der Waals surface area contributed by atoms with Crippen molar-refractivity contribution in [2.75, 3.05) is 6.54 Å². The van der Waals surface area contributed by atoms with E-state index < -0.39 is 0 Å². The smallest absolute Gasteiger partial charge is 0.165 e. The molecule has 0 saturated carbocycles. The minimum Gasteiger partial charge on any atom is -0.384 e. The zero-order valence-corrected chi connectivity index (χ0v) is 8.23. The number of benzene rings is 1. The summed E-state index contributed by atoms with van der Waals surface area (Å²) in [6.45, 7) is 2.51. The highest BCUT2D eigenvalue weighted by atomic mass is 16.7. The topological polar surface area (TPSA) is 47.6 Å². The van der Waals surface area contributed by atoms with Crippen LogP contribution in [0.2, 0.25) is 0 Å². The van der Waals surface area contributed by atoms with Crippen molar-refractivity contribution < 1.29 is 4.84 Å². The molecular formula is C11H14N2O. The number of oxime groups is 1. The van der Waals surface area contributed by atoms with Crippen LogP contribution in [-0.4, -0.2) is 12.3 Å². The van der Waals surface area contributed by atoms with Crippen molar-refractivity contribution >= 4 is 5.71 Å². The van der Waals surface area contributed by atoms with Crippen LogP contribution in [0.5, 0.6) is 0 Å². The lowest BCUT2D eigenvalue weighted by Crippen LogP contribution is -2.23. The normalized spacial score (nSPS) is 25.7. The number of rotatable bonds is 2. The third-order valence-electron chi connectivity index (χ3n) is 2.54. The fourth-order valence-corrected chi connectivity index (χ4v) is 1.67. The first-order valence-corrected chi connectivity index (χ1v) is 4.74. The highest BCUT2D eigenvalue weighted by molar-refractivity contribution is 5.87. The lowest BCUT2D eigenvalue weighted by atomic mass is 9.91. The summed E-state index contributed by atoms with van der Waals surface area (Å²) in [7, 11) is 0. The van der Waals surface area contributed by atoms with Crippen LogP contribution in [0.1, 0.15) is 18.9 Å². The molecule has 2 rings (SSSR count). The second-order valence-electron chi connectivity index (χ2n) is 3.73. The third-order valence-corrected chi connectivity index (χ3v) is 2.54. The van der Waals surface area contributed by atoms with Crippen LogP contribution in [0.15, 0.2) is 35.5 Å². The van der Waals surface area contributed by atoms with Crippen molar-refractivity contribution in [1.29, 1.82) is 0 Å². The molecule has 0 fully saturated rings. The summed E-state index contributed by atoms with van der Waals surface area (Å²) in [5.41, 5.74) is 7.27. The molecule has 0 aromatic heterocycles. The van der Waals surface area contributed by atoms with E-state index in [1.807, 2.05) is 25.1 Å². The predicted molar refractivity (Wildman–Crippen MR) is 56.0 cm³/mol. The van der Waals surface area contributed by atoms with Gasteiger partial charge in [-0.3, -0.25) is 0 Å². The van der Waals surface area contributed by atoms with Gasteiger partial charge >= 0.3 is 0 Å². The highest BCUT2D eigenvalue weighted by Crippen LogP contribution is 2.33. The molecule has 0 unspecified atom stereocenters. The van der Waals surface area contributed by atoms with Crippen molar-refractivity contribution in [1.82, 2.24) is 0 Å². The van der Waals surface area contributed by atoms with Gasteiger partial charge < -0.3 is 10.6 Å². The number of nitrogens with zero attached hydrogens (tertiary/aromatic N) is 1. The van der Waals surface area contributed by atoms with Gasteiger partial charge in [-0.2, -0.15) is 0 Å². The van der Waals surface area contributed by atoms with E-state index in [-0.39, 0.29) is 5.60 Å². The molecule has 0 bridgehead atoms. The minimum absolute atomic E-state index is 0.323. The molecule has 0 aliphatic carbocycles. The van der Waals surface area contributed by atoms with Crippen LogP contribution < -0.4 is 5.73 Å². The number of nitrogens with two attached hydrogens (primary N) is 1. The van der Waals surface area contributed by atoms with Crippen molar-refractivity contribution in [2.24, 2.45) is 10.9 Å². The standard InChI is InChI=1S/C11H14N2O/c1-11(7-10(8-12)13-14-11)9-5-3-2-4-6-9/h2-6H,7-8,12H2,1H3/t11-/m1/s1. The quantitative estimate of drug-likeness (QED) is 0.770. The zero-order chi connectivity index (χ0) is 10.0. The molecule has 1 aromatic rings. The molecule has 3 heteroatoms. The molecule has 74 valence electrons. The highest BCUT2D eigenvalue weighted by Gasteiger charge is 2.35. The van der Waals surface area contributed by atoms with E-state index in [9.17, 15) is 0 Å². The summed E-state index contributed by atoms with van der Waals surface area (Å²) < 4.78 is 0. The van der Waals surface area contributed by atoms with E-state index in [2.05, 4.69) is 17.3 Å². The van der Waals surface area contributed by atoms with Gasteiger partial charge in [0.25, 0.3) is 0 Å². The average molecular weight is 190 g/mol. The molecule has 1 heterocycles. The molecule has 0 saturated heterocycles. The number of hydrogen-bond acceptors (Lipinski definition) is 3. The number of hydrogen-bond donors (Lipinski definition) is 1. The summed E-state index contributed by atoms with van der Waals surface area (Å²) in [5.74, 6) is 0. The van der Waals surface area contributed by atoms with E-state index in [0.717, 1.165) is 17.7 Å². The molecule has 0 spiro atoms. The monoisotopic (exact) mass is 190 g/mol. The molecule has 14 heavy (non-hydrogen) atoms. The molecule has 0 amide bonds. The van der Waals surface area contributed by atoms with Gasteiger partial charge in [0.05, 0.1) is 5.71 Å². The van der Waals surface area contributed by atoms with Crippen LogP contribution >= 0.6 is 0 Å². The molecule has 1 aliphatic rings. The fourth-order valence-electron chi connectivity index (χ4n) is 1.67. The molecule has 1 aliphatic heterocycles. The molecule has 2 N–H and O–H groups in total. The lowest BCUT2D eigenvalue weighted by Gasteiger charge is -2.21. The van der Waals surface area contributed by atoms with E-state index in [4.69, 9.17) is 10.6 Å². The van der Waals surface area contributed by atoms with E-state index in [1.165, 1.54) is 0 Å². The Morgan fingerprint density at radius 1 is 1.43 bits per heavy atom. The summed E-state index contributed by atoms with van der Waals surface area (Å²) >= 11 is 0. The molecule has 1 aromatic carbocycles. The lowest BCUT2D eigenvalue weighted by molar-refractivity contribution is -0.00738. The fraction of sp³-hybridized carbons (Fsp3) is 0.364. The first-order valence-electron chi connectivity index (χ1n) is 4.74. The van der Waals surface area contributed by atoms with E-state index in [1.54, 1.807) is 0 Å². The van der Waals surface area contributed by atoms with Gasteiger partial charge in [-0.05, 0) is 12.5 Å². The molecule has 0 radical (unpaired) electrons. The molecular weight excluding hydrogens is 176 g/mol. The van der Waals surface area contributed by atoms with Crippen LogP contribution in [-0.2, 0) is 10.4 Å². The minimum atomic E-state index is -0.323. The second kappa shape index (κ2) is 3.42. The van der Waals surface area contributed by atoms with Gasteiger partial charge in [0.15, 0.2) is 5.60 Å². The summed E-state index contributed by atoms with van der Waals surface area (Å²) in [6.07, 6.45) is 0.785. The van der Waals surface area contributed by atoms with Crippen LogP contribution in [0, 0.1) is 0 Å². The Balaban J connectivity index is 2.21. The Hall–Kier alpha value is -1.35. The molecule has 1 atom stereocenters. The van der Waals surface area contributed by atoms with E-state index >= 15 is 0 Å². The Morgan fingerprint density at radius 3 is 2.71 bits per heavy atom. The van der Waals surface area contributed by atoms with Gasteiger partial charge in [0.2, 0.25) is 0 Å². The summed E-state index contributed by atoms with van der Waals surface area (Å²) in [4.78, 5) is 5.44. The van der Waals surface area contributed by atoms with Crippen molar-refractivity contribution in [2.45, 2.75) is 18.9 Å². The van der Waals surface area contributed by atoms with Crippen molar-refractivity contribution in [3.8, 4) is 0 Å². The molecule has 3 nitrogen and oxygen atoms in total. The van der Waals surface area contributed by atoms with Gasteiger partial charge in [-0.15, -0.1) is 0 Å². The Labute approximate surface area is 83.6 Å². The predicted octanol–water partition coefficient (Wildman–Crippen LogP) is 1.64. The Bertz CT molecular complexity index is 348. The largest absolute Gasteiger partial charge is 0.384 e. The van der Waals surface area contributed by atoms with Crippen molar-refractivity contribution in [3.63, 3.8) is 0 Å². The maximum atomic E-state index is 5.52. The van der Waals surface area contributed by atoms with Crippen LogP contribution in [0.4, 0.5) is 0 Å². The summed E-state index contributed by atoms with van der Waals surface area (Å²) in [6, 6.07) is 10.1. The SMILES string of the molecule is C[C@]1(c2ccccc2)CC(CN)=NO1. The zero-order valence-electron chi connectivity index (χ0n) is 8.23. The Morgan fingerprint density at radius 2 is 2.14 bits per heavy atom. The maximum Gasteiger partial charge on any atom is 0.165 e. The van der Waals surface area contributed by atoms with Gasteiger partial charge in [0, 0.05) is 13.0 Å². The second-order valence-corrected chi connectivity index (χ2v) is 3.73. The third kappa shape index (κ3) is 1.51. The van der Waals surface area contributed by atoms with Gasteiger partial charge in [0.1, 0.15) is 0 Å². The average Bonchev–Trinajstić information content (AvgIpc) is 2.63. The van der Waals surface area contributed by atoms with Crippen LogP contribution in [0.25, 0.3) is 0 Å². The van der Waals surface area contributed by atoms with Gasteiger partial charge in [-0.1, -0.05) is 35.5 Å². The van der Waals surface area contributed by atoms with Crippen molar-refractivity contribution in [3.05, 3.63) is 35.9 Å².